The van der Waals surface area contributed by atoms with Gasteiger partial charge >= 0.3 is 0 Å². The average molecular weight is 329 g/mol. The highest BCUT2D eigenvalue weighted by Gasteiger charge is 2.08. The van der Waals surface area contributed by atoms with Gasteiger partial charge in [0.1, 0.15) is 0 Å². The molecular weight excluding hydrogens is 314 g/mol. The first kappa shape index (κ1) is 15.1. The molecule has 122 valence electrons. The summed E-state index contributed by atoms with van der Waals surface area (Å²) in [5.74, 6) is 0.554. The van der Waals surface area contributed by atoms with Crippen molar-refractivity contribution in [2.45, 2.75) is 13.8 Å². The molecule has 0 fully saturated rings. The fraction of sp³-hybridized carbons (Fsp3) is 0.105. The number of rotatable bonds is 2. The number of anilines is 2. The maximum atomic E-state index is 12.4. The molecule has 0 aliphatic rings. The third-order valence-corrected chi connectivity index (χ3v) is 4.05. The molecule has 6 nitrogen and oxygen atoms in total. The van der Waals surface area contributed by atoms with Gasteiger partial charge in [0.2, 0.25) is 11.9 Å². The van der Waals surface area contributed by atoms with Gasteiger partial charge in [-0.15, -0.1) is 0 Å². The number of hydrogen-bond donors (Lipinski definition) is 1. The molecule has 2 aromatic heterocycles. The van der Waals surface area contributed by atoms with E-state index in [1.165, 1.54) is 0 Å². The molecule has 0 aliphatic heterocycles. The minimum Gasteiger partial charge on any atom is -0.292 e. The van der Waals surface area contributed by atoms with Gasteiger partial charge in [-0.25, -0.2) is 15.0 Å². The maximum absolute atomic E-state index is 12.4. The van der Waals surface area contributed by atoms with E-state index in [1.54, 1.807) is 6.07 Å². The Morgan fingerprint density at radius 3 is 2.00 bits per heavy atom. The van der Waals surface area contributed by atoms with Gasteiger partial charge in [0.05, 0.1) is 16.6 Å². The number of aromatic nitrogens is 4. The van der Waals surface area contributed by atoms with Crippen molar-refractivity contribution in [3.8, 4) is 0 Å². The lowest BCUT2D eigenvalue weighted by Crippen LogP contribution is -2.07. The molecule has 0 amide bonds. The first-order chi connectivity index (χ1) is 12.1. The van der Waals surface area contributed by atoms with E-state index >= 15 is 0 Å². The Hall–Kier alpha value is -3.41. The van der Waals surface area contributed by atoms with Crippen molar-refractivity contribution in [3.05, 3.63) is 70.3 Å². The second kappa shape index (κ2) is 5.90. The van der Waals surface area contributed by atoms with E-state index < -0.39 is 0 Å². The fourth-order valence-electron chi connectivity index (χ4n) is 2.83. The monoisotopic (exact) mass is 329 g/mol. The molecule has 4 aromatic rings. The van der Waals surface area contributed by atoms with Gasteiger partial charge in [-0.05, 0) is 26.0 Å². The van der Waals surface area contributed by atoms with Crippen LogP contribution in [-0.4, -0.2) is 19.9 Å². The highest BCUT2D eigenvalue weighted by atomic mass is 16.1. The molecule has 6 heteroatoms. The number of benzene rings is 2. The Balaban J connectivity index is 1.85. The summed E-state index contributed by atoms with van der Waals surface area (Å²) in [6, 6.07) is 15.1. The molecule has 2 heterocycles. The molecule has 0 spiro atoms. The first-order valence-corrected chi connectivity index (χ1v) is 7.90. The summed E-state index contributed by atoms with van der Waals surface area (Å²) in [5, 5.41) is 5.27. The summed E-state index contributed by atoms with van der Waals surface area (Å²) < 4.78 is 0. The van der Waals surface area contributed by atoms with Crippen LogP contribution >= 0.6 is 0 Å². The van der Waals surface area contributed by atoms with E-state index in [2.05, 4.69) is 25.3 Å². The van der Waals surface area contributed by atoms with Gasteiger partial charge in [0, 0.05) is 16.5 Å². The highest BCUT2D eigenvalue weighted by Crippen LogP contribution is 2.18. The summed E-state index contributed by atoms with van der Waals surface area (Å²) in [7, 11) is 0. The molecule has 1 N–H and O–H groups in total. The van der Waals surface area contributed by atoms with Crippen LogP contribution in [-0.2, 0) is 0 Å². The standard InChI is InChI=1S/C19H15N5O/c1-11-13-7-3-4-9-15(13)17(25)23-19(20-11)24-18-21-12(2)14-8-5-6-10-16(14)22-18/h3-10H,1-2H3,(H,21,22,23,24,25). The minimum atomic E-state index is -0.337. The van der Waals surface area contributed by atoms with E-state index in [-0.39, 0.29) is 11.5 Å². The van der Waals surface area contributed by atoms with Crippen LogP contribution in [0.2, 0.25) is 0 Å². The van der Waals surface area contributed by atoms with Gasteiger partial charge in [0.25, 0.3) is 5.56 Å². The smallest absolute Gasteiger partial charge is 0.280 e. The first-order valence-electron chi connectivity index (χ1n) is 7.90. The van der Waals surface area contributed by atoms with Crippen LogP contribution in [0, 0.1) is 13.8 Å². The van der Waals surface area contributed by atoms with E-state index in [0.717, 1.165) is 22.0 Å². The second-order valence-corrected chi connectivity index (χ2v) is 5.76. The fourth-order valence-corrected chi connectivity index (χ4v) is 2.83. The van der Waals surface area contributed by atoms with Gasteiger partial charge in [-0.1, -0.05) is 36.4 Å². The van der Waals surface area contributed by atoms with Gasteiger partial charge < -0.3 is 0 Å². The number of nitrogens with one attached hydrogen (secondary N) is 1. The topological polar surface area (TPSA) is 80.7 Å². The lowest BCUT2D eigenvalue weighted by molar-refractivity contribution is 1.09. The third-order valence-electron chi connectivity index (χ3n) is 4.05. The SMILES string of the molecule is Cc1nc(Nc2nc(C)c3ccccc3c(=O)n2)nc2ccccc12. The predicted octanol–water partition coefficient (Wildman–Crippen LogP) is 3.29. The molecule has 2 aromatic carbocycles. The van der Waals surface area contributed by atoms with Crippen molar-refractivity contribution in [1.82, 2.24) is 19.9 Å². The zero-order valence-electron chi connectivity index (χ0n) is 13.8. The molecule has 0 saturated heterocycles. The average Bonchev–Trinajstić information content (AvgIpc) is 2.72. The van der Waals surface area contributed by atoms with E-state index in [4.69, 9.17) is 0 Å². The molecule has 0 saturated carbocycles. The maximum Gasteiger partial charge on any atom is 0.280 e. The normalized spacial score (nSPS) is 11.0. The van der Waals surface area contributed by atoms with Crippen molar-refractivity contribution in [1.29, 1.82) is 0 Å². The van der Waals surface area contributed by atoms with E-state index in [0.29, 0.717) is 17.0 Å². The van der Waals surface area contributed by atoms with Gasteiger partial charge in [-0.3, -0.25) is 10.1 Å². The zero-order chi connectivity index (χ0) is 17.4. The predicted molar refractivity (Wildman–Crippen MR) is 98.1 cm³/mol. The number of hydrogen-bond acceptors (Lipinski definition) is 6. The Kier molecular flexibility index (Phi) is 3.57. The van der Waals surface area contributed by atoms with Crippen LogP contribution in [0.3, 0.4) is 0 Å². The van der Waals surface area contributed by atoms with Crippen molar-refractivity contribution < 1.29 is 0 Å². The lowest BCUT2D eigenvalue weighted by Gasteiger charge is -2.05. The molecule has 0 bridgehead atoms. The van der Waals surface area contributed by atoms with E-state index in [9.17, 15) is 4.79 Å². The van der Waals surface area contributed by atoms with E-state index in [1.807, 2.05) is 56.3 Å². The molecule has 0 aliphatic carbocycles. The Labute approximate surface area is 143 Å². The third kappa shape index (κ3) is 2.78. The highest BCUT2D eigenvalue weighted by molar-refractivity contribution is 5.84. The molecule has 0 radical (unpaired) electrons. The van der Waals surface area contributed by atoms with Crippen LogP contribution in [0.15, 0.2) is 53.3 Å². The minimum absolute atomic E-state index is 0.188. The van der Waals surface area contributed by atoms with Crippen LogP contribution < -0.4 is 10.9 Å². The summed E-state index contributed by atoms with van der Waals surface area (Å²) in [4.78, 5) is 29.8. The molecule has 25 heavy (non-hydrogen) atoms. The summed E-state index contributed by atoms with van der Waals surface area (Å²) in [6.07, 6.45) is 0. The van der Waals surface area contributed by atoms with Gasteiger partial charge in [-0.2, -0.15) is 4.98 Å². The van der Waals surface area contributed by atoms with Crippen LogP contribution in [0.5, 0.6) is 0 Å². The lowest BCUT2D eigenvalue weighted by atomic mass is 10.1. The summed E-state index contributed by atoms with van der Waals surface area (Å²) in [5.41, 5.74) is 2.04. The zero-order valence-corrected chi connectivity index (χ0v) is 13.8. The largest absolute Gasteiger partial charge is 0.292 e. The molecular formula is C19H15N5O. The Morgan fingerprint density at radius 1 is 0.680 bits per heavy atom. The number of nitrogens with zero attached hydrogens (tertiary/aromatic N) is 4. The Morgan fingerprint density at radius 2 is 1.24 bits per heavy atom. The summed E-state index contributed by atoms with van der Waals surface area (Å²) in [6.45, 7) is 3.76. The van der Waals surface area contributed by atoms with Crippen molar-refractivity contribution >= 4 is 33.6 Å². The number of para-hydroxylation sites is 1. The summed E-state index contributed by atoms with van der Waals surface area (Å²) >= 11 is 0. The molecule has 4 rings (SSSR count). The number of fused-ring (bicyclic) bond motifs is 2. The van der Waals surface area contributed by atoms with Crippen molar-refractivity contribution in [3.63, 3.8) is 0 Å². The van der Waals surface area contributed by atoms with Crippen molar-refractivity contribution in [2.75, 3.05) is 5.32 Å². The molecule has 0 unspecified atom stereocenters. The molecule has 0 atom stereocenters. The Bertz CT molecular complexity index is 1170. The van der Waals surface area contributed by atoms with Crippen LogP contribution in [0.25, 0.3) is 21.7 Å². The quantitative estimate of drug-likeness (QED) is 0.608. The number of aryl methyl sites for hydroxylation is 2. The van der Waals surface area contributed by atoms with Crippen molar-refractivity contribution in [2.24, 2.45) is 0 Å². The van der Waals surface area contributed by atoms with Gasteiger partial charge in [0.15, 0.2) is 0 Å². The van der Waals surface area contributed by atoms with Crippen LogP contribution in [0.4, 0.5) is 11.9 Å². The second-order valence-electron chi connectivity index (χ2n) is 5.76. The van der Waals surface area contributed by atoms with Crippen LogP contribution in [0.1, 0.15) is 11.4 Å².